The lowest BCUT2D eigenvalue weighted by Gasteiger charge is -2.15. The summed E-state index contributed by atoms with van der Waals surface area (Å²) in [4.78, 5) is 22.1. The first-order valence-electron chi connectivity index (χ1n) is 11.3. The molecule has 0 unspecified atom stereocenters. The molecular formula is C25H32N4O2. The van der Waals surface area contributed by atoms with Crippen molar-refractivity contribution in [3.8, 4) is 17.1 Å². The van der Waals surface area contributed by atoms with Gasteiger partial charge in [0.05, 0.1) is 18.0 Å². The minimum absolute atomic E-state index is 0.237. The van der Waals surface area contributed by atoms with E-state index < -0.39 is 0 Å². The van der Waals surface area contributed by atoms with Gasteiger partial charge in [0.2, 0.25) is 5.91 Å². The van der Waals surface area contributed by atoms with Gasteiger partial charge >= 0.3 is 0 Å². The quantitative estimate of drug-likeness (QED) is 0.506. The smallest absolute Gasteiger partial charge is 0.224 e. The number of rotatable bonds is 9. The fraction of sp³-hybridized carbons (Fsp3) is 0.440. The summed E-state index contributed by atoms with van der Waals surface area (Å²) in [6, 6.07) is 12.2. The Morgan fingerprint density at radius 3 is 2.84 bits per heavy atom. The number of amides is 1. The standard InChI is InChI=1S/C25H32N4O2/c1-18(2)9-14-31-21-5-6-22-19(15-21)16-24(28-22)23-17-20(7-10-27-23)26-11-8-25(30)29-12-3-4-13-29/h5-7,10,15-18,28H,3-4,8-9,11-14H2,1-2H3,(H,26,27). The highest BCUT2D eigenvalue weighted by molar-refractivity contribution is 5.86. The van der Waals surface area contributed by atoms with Crippen molar-refractivity contribution in [1.82, 2.24) is 14.9 Å². The summed E-state index contributed by atoms with van der Waals surface area (Å²) in [6.07, 6.45) is 5.62. The second-order valence-corrected chi connectivity index (χ2v) is 8.66. The Hall–Kier alpha value is -3.02. The third-order valence-corrected chi connectivity index (χ3v) is 5.72. The first kappa shape index (κ1) is 21.2. The minimum Gasteiger partial charge on any atom is -0.494 e. The summed E-state index contributed by atoms with van der Waals surface area (Å²) in [7, 11) is 0. The number of likely N-dealkylation sites (tertiary alicyclic amines) is 1. The van der Waals surface area contributed by atoms with Crippen LogP contribution in [-0.2, 0) is 4.79 Å². The number of benzene rings is 1. The number of pyridine rings is 1. The molecule has 6 heteroatoms. The number of nitrogens with zero attached hydrogens (tertiary/aromatic N) is 2. The van der Waals surface area contributed by atoms with Gasteiger partial charge in [-0.2, -0.15) is 0 Å². The molecule has 0 bridgehead atoms. The molecule has 1 amide bonds. The number of aromatic nitrogens is 2. The molecule has 4 rings (SSSR count). The van der Waals surface area contributed by atoms with Crippen molar-refractivity contribution in [2.45, 2.75) is 39.5 Å². The van der Waals surface area contributed by atoms with Crippen LogP contribution < -0.4 is 10.1 Å². The predicted octanol–water partition coefficient (Wildman–Crippen LogP) is 5.08. The van der Waals surface area contributed by atoms with Gasteiger partial charge in [0, 0.05) is 48.8 Å². The van der Waals surface area contributed by atoms with Crippen LogP contribution in [0.5, 0.6) is 5.75 Å². The molecular weight excluding hydrogens is 388 g/mol. The largest absolute Gasteiger partial charge is 0.494 e. The molecule has 1 aliphatic heterocycles. The third kappa shape index (κ3) is 5.57. The highest BCUT2D eigenvalue weighted by Crippen LogP contribution is 2.27. The number of carbonyl (C=O) groups is 1. The van der Waals surface area contributed by atoms with Crippen LogP contribution >= 0.6 is 0 Å². The van der Waals surface area contributed by atoms with Crippen molar-refractivity contribution in [3.05, 3.63) is 42.6 Å². The van der Waals surface area contributed by atoms with E-state index in [0.29, 0.717) is 18.9 Å². The van der Waals surface area contributed by atoms with E-state index in [1.165, 1.54) is 0 Å². The predicted molar refractivity (Wildman–Crippen MR) is 125 cm³/mol. The van der Waals surface area contributed by atoms with Gasteiger partial charge < -0.3 is 19.9 Å². The van der Waals surface area contributed by atoms with E-state index in [1.807, 2.05) is 23.1 Å². The monoisotopic (exact) mass is 420 g/mol. The maximum Gasteiger partial charge on any atom is 0.224 e. The van der Waals surface area contributed by atoms with Gasteiger partial charge in [-0.15, -0.1) is 0 Å². The van der Waals surface area contributed by atoms with Crippen LogP contribution in [0.2, 0.25) is 0 Å². The Morgan fingerprint density at radius 1 is 1.19 bits per heavy atom. The van der Waals surface area contributed by atoms with Crippen LogP contribution in [0.15, 0.2) is 42.6 Å². The first-order chi connectivity index (χ1) is 15.1. The third-order valence-electron chi connectivity index (χ3n) is 5.72. The topological polar surface area (TPSA) is 70.2 Å². The number of fused-ring (bicyclic) bond motifs is 1. The van der Waals surface area contributed by atoms with Gasteiger partial charge in [0.15, 0.2) is 0 Å². The van der Waals surface area contributed by atoms with E-state index in [2.05, 4.69) is 47.3 Å². The lowest BCUT2D eigenvalue weighted by molar-refractivity contribution is -0.129. The van der Waals surface area contributed by atoms with Crippen molar-refractivity contribution >= 4 is 22.5 Å². The summed E-state index contributed by atoms with van der Waals surface area (Å²) >= 11 is 0. The molecule has 31 heavy (non-hydrogen) atoms. The number of nitrogens with one attached hydrogen (secondary N) is 2. The Morgan fingerprint density at radius 2 is 2.03 bits per heavy atom. The summed E-state index contributed by atoms with van der Waals surface area (Å²) < 4.78 is 5.89. The van der Waals surface area contributed by atoms with E-state index in [0.717, 1.165) is 72.7 Å². The van der Waals surface area contributed by atoms with Crippen LogP contribution in [-0.4, -0.2) is 47.0 Å². The Balaban J connectivity index is 1.38. The number of aromatic amines is 1. The van der Waals surface area contributed by atoms with Crippen LogP contribution in [0.4, 0.5) is 5.69 Å². The molecule has 2 N–H and O–H groups in total. The summed E-state index contributed by atoms with van der Waals surface area (Å²) in [5.41, 5.74) is 3.86. The lowest BCUT2D eigenvalue weighted by Crippen LogP contribution is -2.29. The molecule has 0 saturated carbocycles. The SMILES string of the molecule is CC(C)CCOc1ccc2[nH]c(-c3cc(NCCC(=O)N4CCCC4)ccn3)cc2c1. The molecule has 0 atom stereocenters. The normalized spacial score (nSPS) is 13.8. The maximum absolute atomic E-state index is 12.2. The maximum atomic E-state index is 12.2. The fourth-order valence-electron chi connectivity index (χ4n) is 3.88. The minimum atomic E-state index is 0.237. The molecule has 164 valence electrons. The van der Waals surface area contributed by atoms with Crippen LogP contribution in [0.1, 0.15) is 39.5 Å². The van der Waals surface area contributed by atoms with E-state index in [9.17, 15) is 4.79 Å². The van der Waals surface area contributed by atoms with Crippen LogP contribution in [0, 0.1) is 5.92 Å². The number of hydrogen-bond acceptors (Lipinski definition) is 4. The summed E-state index contributed by atoms with van der Waals surface area (Å²) in [6.45, 7) is 7.57. The average Bonchev–Trinajstić information content (AvgIpc) is 3.43. The van der Waals surface area contributed by atoms with Gasteiger partial charge in [0.1, 0.15) is 5.75 Å². The molecule has 2 aromatic heterocycles. The zero-order chi connectivity index (χ0) is 21.6. The van der Waals surface area contributed by atoms with Crippen LogP contribution in [0.3, 0.4) is 0 Å². The molecule has 1 aromatic carbocycles. The first-order valence-corrected chi connectivity index (χ1v) is 11.3. The van der Waals surface area contributed by atoms with Crippen molar-refractivity contribution in [1.29, 1.82) is 0 Å². The number of ether oxygens (including phenoxy) is 1. The highest BCUT2D eigenvalue weighted by Gasteiger charge is 2.17. The van der Waals surface area contributed by atoms with Gasteiger partial charge in [0.25, 0.3) is 0 Å². The molecule has 3 aromatic rings. The Kier molecular flexibility index (Phi) is 6.75. The number of H-pyrrole nitrogens is 1. The van der Waals surface area contributed by atoms with E-state index in [4.69, 9.17) is 4.74 Å². The Bertz CT molecular complexity index is 1020. The zero-order valence-corrected chi connectivity index (χ0v) is 18.5. The van der Waals surface area contributed by atoms with Crippen LogP contribution in [0.25, 0.3) is 22.3 Å². The van der Waals surface area contributed by atoms with Gasteiger partial charge in [-0.3, -0.25) is 9.78 Å². The van der Waals surface area contributed by atoms with Crippen molar-refractivity contribution in [2.24, 2.45) is 5.92 Å². The molecule has 0 radical (unpaired) electrons. The molecule has 3 heterocycles. The number of carbonyl (C=O) groups excluding carboxylic acids is 1. The van der Waals surface area contributed by atoms with Crippen molar-refractivity contribution < 1.29 is 9.53 Å². The summed E-state index contributed by atoms with van der Waals surface area (Å²) in [5, 5.41) is 4.47. The van der Waals surface area contributed by atoms with Gasteiger partial charge in [-0.05, 0) is 61.6 Å². The molecule has 1 saturated heterocycles. The van der Waals surface area contributed by atoms with Gasteiger partial charge in [-0.1, -0.05) is 13.8 Å². The van der Waals surface area contributed by atoms with Crippen molar-refractivity contribution in [2.75, 3.05) is 31.6 Å². The molecule has 1 fully saturated rings. The summed E-state index contributed by atoms with van der Waals surface area (Å²) in [5.74, 6) is 1.76. The highest BCUT2D eigenvalue weighted by atomic mass is 16.5. The van der Waals surface area contributed by atoms with E-state index >= 15 is 0 Å². The lowest BCUT2D eigenvalue weighted by atomic mass is 10.1. The molecule has 6 nitrogen and oxygen atoms in total. The number of hydrogen-bond donors (Lipinski definition) is 2. The Labute approximate surface area is 184 Å². The number of anilines is 1. The average molecular weight is 421 g/mol. The zero-order valence-electron chi connectivity index (χ0n) is 18.5. The van der Waals surface area contributed by atoms with Crippen molar-refractivity contribution in [3.63, 3.8) is 0 Å². The second-order valence-electron chi connectivity index (χ2n) is 8.66. The molecule has 1 aliphatic rings. The molecule has 0 aliphatic carbocycles. The second kappa shape index (κ2) is 9.86. The van der Waals surface area contributed by atoms with E-state index in [-0.39, 0.29) is 5.91 Å². The fourth-order valence-corrected chi connectivity index (χ4v) is 3.88. The van der Waals surface area contributed by atoms with Gasteiger partial charge in [-0.25, -0.2) is 0 Å². The van der Waals surface area contributed by atoms with E-state index in [1.54, 1.807) is 6.20 Å². The molecule has 0 spiro atoms.